The van der Waals surface area contributed by atoms with E-state index in [0.717, 1.165) is 28.9 Å². The summed E-state index contributed by atoms with van der Waals surface area (Å²) in [5.74, 6) is 0.623. The second kappa shape index (κ2) is 7.69. The average molecular weight is 416 g/mol. The van der Waals surface area contributed by atoms with Crippen molar-refractivity contribution in [2.45, 2.75) is 44.7 Å². The molecule has 31 heavy (non-hydrogen) atoms. The highest BCUT2D eigenvalue weighted by atomic mass is 16.5. The minimum atomic E-state index is -0.461. The monoisotopic (exact) mass is 416 g/mol. The Hall–Kier alpha value is -3.41. The summed E-state index contributed by atoms with van der Waals surface area (Å²) in [7, 11) is 0. The molecule has 1 N–H and O–H groups in total. The lowest BCUT2D eigenvalue weighted by molar-refractivity contribution is -0.126. The number of allylic oxidation sites excluding steroid dienone is 1. The summed E-state index contributed by atoms with van der Waals surface area (Å²) < 4.78 is 5.56. The van der Waals surface area contributed by atoms with E-state index in [-0.39, 0.29) is 17.6 Å². The van der Waals surface area contributed by atoms with Crippen LogP contribution in [0.25, 0.3) is 0 Å². The maximum Gasteiger partial charge on any atom is 0.255 e. The molecule has 0 bridgehead atoms. The Balaban J connectivity index is 1.25. The molecule has 5 rings (SSSR count). The summed E-state index contributed by atoms with van der Waals surface area (Å²) in [5, 5.41) is 2.76. The van der Waals surface area contributed by atoms with Gasteiger partial charge in [-0.15, -0.1) is 0 Å². The van der Waals surface area contributed by atoms with Gasteiger partial charge in [0.2, 0.25) is 5.91 Å². The predicted octanol–water partition coefficient (Wildman–Crippen LogP) is 3.19. The van der Waals surface area contributed by atoms with E-state index in [0.29, 0.717) is 55.7 Å². The van der Waals surface area contributed by atoms with Crippen LogP contribution in [-0.4, -0.2) is 35.1 Å². The van der Waals surface area contributed by atoms with E-state index < -0.39 is 6.04 Å². The number of nitrogens with zero attached hydrogens (tertiary/aromatic N) is 1. The molecule has 0 saturated carbocycles. The Morgan fingerprint density at radius 2 is 2.00 bits per heavy atom. The fourth-order valence-corrected chi connectivity index (χ4v) is 4.61. The first kappa shape index (κ1) is 19.5. The van der Waals surface area contributed by atoms with Gasteiger partial charge in [-0.25, -0.2) is 0 Å². The molecule has 0 aromatic heterocycles. The molecule has 1 atom stereocenters. The first-order chi connectivity index (χ1) is 15.0. The lowest BCUT2D eigenvalue weighted by atomic mass is 9.99. The number of aryl methyl sites for hydroxylation is 1. The zero-order chi connectivity index (χ0) is 21.5. The van der Waals surface area contributed by atoms with Crippen LogP contribution in [0.3, 0.4) is 0 Å². The number of amides is 2. The highest BCUT2D eigenvalue weighted by molar-refractivity contribution is 6.01. The quantitative estimate of drug-likeness (QED) is 0.760. The van der Waals surface area contributed by atoms with Gasteiger partial charge in [0.1, 0.15) is 11.8 Å². The molecule has 1 saturated heterocycles. The van der Waals surface area contributed by atoms with Crippen molar-refractivity contribution in [1.29, 1.82) is 0 Å². The van der Waals surface area contributed by atoms with Crippen LogP contribution in [0, 0.1) is 0 Å². The van der Waals surface area contributed by atoms with Gasteiger partial charge >= 0.3 is 0 Å². The van der Waals surface area contributed by atoms with Crippen LogP contribution < -0.4 is 10.1 Å². The van der Waals surface area contributed by atoms with E-state index in [1.165, 1.54) is 0 Å². The summed E-state index contributed by atoms with van der Waals surface area (Å²) in [5.41, 5.74) is 5.10. The predicted molar refractivity (Wildman–Crippen MR) is 115 cm³/mol. The summed E-state index contributed by atoms with van der Waals surface area (Å²) in [4.78, 5) is 39.5. The van der Waals surface area contributed by atoms with Gasteiger partial charge in [0.25, 0.3) is 5.91 Å². The van der Waals surface area contributed by atoms with E-state index in [1.54, 1.807) is 4.90 Å². The standard InChI is InChI=1S/C25H24N2O4/c1-15-2-8-21(24(29)26-15)27-14-19-12-16(3-7-20(19)25(27)30)4-9-22(28)18-6-5-17-10-11-31-23(17)13-18/h3,5-7,12-13,21H,1-2,4,8-11,14H2,(H,26,29). The van der Waals surface area contributed by atoms with Crippen molar-refractivity contribution in [3.63, 3.8) is 0 Å². The SMILES string of the molecule is C=C1CCC(N2Cc3cc(CCC(=O)c4ccc5c(c4)OCC5)ccc3C2=O)C(=O)N1. The summed E-state index contributed by atoms with van der Waals surface area (Å²) in [6.07, 6.45) is 3.16. The second-order valence-corrected chi connectivity index (χ2v) is 8.42. The Labute approximate surface area is 180 Å². The van der Waals surface area contributed by atoms with Crippen molar-refractivity contribution in [3.8, 4) is 5.75 Å². The molecule has 3 aliphatic rings. The molecule has 3 heterocycles. The van der Waals surface area contributed by atoms with Crippen LogP contribution in [-0.2, 0) is 24.2 Å². The molecule has 2 amide bonds. The van der Waals surface area contributed by atoms with Gasteiger partial charge in [-0.1, -0.05) is 30.8 Å². The third-order valence-electron chi connectivity index (χ3n) is 6.36. The number of carbonyl (C=O) groups is 3. The number of ketones is 1. The lowest BCUT2D eigenvalue weighted by Gasteiger charge is -2.30. The van der Waals surface area contributed by atoms with Crippen LogP contribution in [0.2, 0.25) is 0 Å². The number of hydrogen-bond donors (Lipinski definition) is 1. The number of nitrogens with one attached hydrogen (secondary N) is 1. The smallest absolute Gasteiger partial charge is 0.255 e. The second-order valence-electron chi connectivity index (χ2n) is 8.42. The molecule has 2 aromatic carbocycles. The van der Waals surface area contributed by atoms with E-state index in [1.807, 2.05) is 36.4 Å². The van der Waals surface area contributed by atoms with Crippen molar-refractivity contribution in [2.24, 2.45) is 0 Å². The number of fused-ring (bicyclic) bond motifs is 2. The topological polar surface area (TPSA) is 75.7 Å². The minimum Gasteiger partial charge on any atom is -0.493 e. The van der Waals surface area contributed by atoms with Crippen LogP contribution in [0.5, 0.6) is 5.75 Å². The van der Waals surface area contributed by atoms with Crippen LogP contribution >= 0.6 is 0 Å². The number of benzene rings is 2. The van der Waals surface area contributed by atoms with E-state index in [4.69, 9.17) is 4.74 Å². The summed E-state index contributed by atoms with van der Waals surface area (Å²) >= 11 is 0. The van der Waals surface area contributed by atoms with E-state index in [9.17, 15) is 14.4 Å². The normalized spacial score (nSPS) is 19.7. The van der Waals surface area contributed by atoms with Crippen LogP contribution in [0.1, 0.15) is 56.7 Å². The maximum absolute atomic E-state index is 12.8. The molecular weight excluding hydrogens is 392 g/mol. The number of Topliss-reactive ketones (excluding diaryl/α,β-unsaturated/α-hetero) is 1. The van der Waals surface area contributed by atoms with Gasteiger partial charge in [-0.05, 0) is 48.1 Å². The van der Waals surface area contributed by atoms with Crippen molar-refractivity contribution in [1.82, 2.24) is 10.2 Å². The van der Waals surface area contributed by atoms with Crippen molar-refractivity contribution in [3.05, 3.63) is 76.5 Å². The molecule has 0 radical (unpaired) electrons. The minimum absolute atomic E-state index is 0.0793. The van der Waals surface area contributed by atoms with E-state index in [2.05, 4.69) is 11.9 Å². The van der Waals surface area contributed by atoms with Gasteiger partial charge in [-0.3, -0.25) is 14.4 Å². The number of piperidine rings is 1. The molecule has 1 fully saturated rings. The average Bonchev–Trinajstić information content (AvgIpc) is 3.36. The lowest BCUT2D eigenvalue weighted by Crippen LogP contribution is -2.49. The van der Waals surface area contributed by atoms with Gasteiger partial charge in [0.15, 0.2) is 5.78 Å². The first-order valence-electron chi connectivity index (χ1n) is 10.7. The molecule has 2 aromatic rings. The maximum atomic E-state index is 12.8. The highest BCUT2D eigenvalue weighted by Crippen LogP contribution is 2.30. The number of ether oxygens (including phenoxy) is 1. The fraction of sp³-hybridized carbons (Fsp3) is 0.320. The zero-order valence-corrected chi connectivity index (χ0v) is 17.3. The summed E-state index contributed by atoms with van der Waals surface area (Å²) in [6, 6.07) is 10.9. The van der Waals surface area contributed by atoms with Crippen molar-refractivity contribution >= 4 is 17.6 Å². The molecule has 1 unspecified atom stereocenters. The molecular formula is C25H24N2O4. The van der Waals surface area contributed by atoms with Gasteiger partial charge in [0.05, 0.1) is 6.61 Å². The molecule has 6 nitrogen and oxygen atoms in total. The largest absolute Gasteiger partial charge is 0.493 e. The van der Waals surface area contributed by atoms with Crippen LogP contribution in [0.4, 0.5) is 0 Å². The Morgan fingerprint density at radius 1 is 1.13 bits per heavy atom. The highest BCUT2D eigenvalue weighted by Gasteiger charge is 2.38. The number of hydrogen-bond acceptors (Lipinski definition) is 4. The number of rotatable bonds is 5. The van der Waals surface area contributed by atoms with Gasteiger partial charge in [0, 0.05) is 36.2 Å². The van der Waals surface area contributed by atoms with Gasteiger partial charge < -0.3 is 15.0 Å². The first-order valence-corrected chi connectivity index (χ1v) is 10.7. The number of carbonyl (C=O) groups excluding carboxylic acids is 3. The molecule has 3 aliphatic heterocycles. The Kier molecular flexibility index (Phi) is 4.85. The van der Waals surface area contributed by atoms with E-state index >= 15 is 0 Å². The third-order valence-corrected chi connectivity index (χ3v) is 6.36. The molecule has 6 heteroatoms. The summed E-state index contributed by atoms with van der Waals surface area (Å²) in [6.45, 7) is 4.89. The molecule has 158 valence electrons. The van der Waals surface area contributed by atoms with Gasteiger partial charge in [-0.2, -0.15) is 0 Å². The zero-order valence-electron chi connectivity index (χ0n) is 17.3. The third kappa shape index (κ3) is 3.63. The van der Waals surface area contributed by atoms with Crippen molar-refractivity contribution in [2.75, 3.05) is 6.61 Å². The van der Waals surface area contributed by atoms with Crippen molar-refractivity contribution < 1.29 is 19.1 Å². The fourth-order valence-electron chi connectivity index (χ4n) is 4.61. The Bertz CT molecular complexity index is 1120. The Morgan fingerprint density at radius 3 is 2.84 bits per heavy atom. The molecule has 0 spiro atoms. The van der Waals surface area contributed by atoms with Crippen LogP contribution in [0.15, 0.2) is 48.7 Å². The molecule has 0 aliphatic carbocycles.